The van der Waals surface area contributed by atoms with E-state index in [1.165, 1.54) is 6.42 Å². The van der Waals surface area contributed by atoms with Crippen LogP contribution in [-0.4, -0.2) is 28.4 Å². The van der Waals surface area contributed by atoms with Gasteiger partial charge in [0.25, 0.3) is 5.91 Å². The summed E-state index contributed by atoms with van der Waals surface area (Å²) in [5.74, 6) is 0.556. The number of nitrogens with zero attached hydrogens (tertiary/aromatic N) is 2. The van der Waals surface area contributed by atoms with Crippen molar-refractivity contribution in [3.8, 4) is 0 Å². The van der Waals surface area contributed by atoms with E-state index in [0.29, 0.717) is 22.7 Å². The molecule has 0 aliphatic carbocycles. The first kappa shape index (κ1) is 12.4. The fourth-order valence-corrected chi connectivity index (χ4v) is 2.40. The van der Waals surface area contributed by atoms with Gasteiger partial charge < -0.3 is 4.90 Å². The zero-order valence-electron chi connectivity index (χ0n) is 10.2. The van der Waals surface area contributed by atoms with Crippen molar-refractivity contribution in [3.63, 3.8) is 0 Å². The number of halogens is 1. The smallest absolute Gasteiger partial charge is 0.272 e. The maximum Gasteiger partial charge on any atom is 0.272 e. The minimum Gasteiger partial charge on any atom is -0.334 e. The summed E-state index contributed by atoms with van der Waals surface area (Å²) >= 11 is 5.88. The molecule has 2 atom stereocenters. The largest absolute Gasteiger partial charge is 0.334 e. The third-order valence-corrected chi connectivity index (χ3v) is 3.55. The highest BCUT2D eigenvalue weighted by atomic mass is 35.5. The standard InChI is InChI=1S/C13H17ClN2O/c1-9-3-4-10(2)16(8-9)13(17)12-7-11(14)5-6-15-12/h5-7,9-10H,3-4,8H2,1-2H3. The number of carbonyl (C=O) groups excluding carboxylic acids is 1. The van der Waals surface area contributed by atoms with E-state index >= 15 is 0 Å². The van der Waals surface area contributed by atoms with Crippen LogP contribution in [0.1, 0.15) is 37.2 Å². The molecule has 0 spiro atoms. The Balaban J connectivity index is 2.18. The van der Waals surface area contributed by atoms with Gasteiger partial charge in [0.1, 0.15) is 5.69 Å². The first-order valence-electron chi connectivity index (χ1n) is 6.00. The number of aromatic nitrogens is 1. The van der Waals surface area contributed by atoms with E-state index in [-0.39, 0.29) is 5.91 Å². The van der Waals surface area contributed by atoms with Crippen LogP contribution in [-0.2, 0) is 0 Å². The number of rotatable bonds is 1. The number of pyridine rings is 1. The summed E-state index contributed by atoms with van der Waals surface area (Å²) < 4.78 is 0. The molecule has 1 aliphatic rings. The Kier molecular flexibility index (Phi) is 3.67. The predicted octanol–water partition coefficient (Wildman–Crippen LogP) is 3.00. The molecule has 4 heteroatoms. The summed E-state index contributed by atoms with van der Waals surface area (Å²) in [6.45, 7) is 5.08. The Morgan fingerprint density at radius 2 is 2.24 bits per heavy atom. The van der Waals surface area contributed by atoms with Crippen LogP contribution in [0, 0.1) is 5.92 Å². The molecule has 0 saturated carbocycles. The van der Waals surface area contributed by atoms with Gasteiger partial charge in [-0.1, -0.05) is 18.5 Å². The third-order valence-electron chi connectivity index (χ3n) is 3.32. The van der Waals surface area contributed by atoms with Gasteiger partial charge in [0.15, 0.2) is 0 Å². The van der Waals surface area contributed by atoms with Crippen molar-refractivity contribution in [2.24, 2.45) is 5.92 Å². The molecule has 17 heavy (non-hydrogen) atoms. The van der Waals surface area contributed by atoms with Gasteiger partial charge in [-0.25, -0.2) is 0 Å². The molecular formula is C13H17ClN2O. The highest BCUT2D eigenvalue weighted by Gasteiger charge is 2.28. The normalized spacial score (nSPS) is 24.8. The van der Waals surface area contributed by atoms with Crippen molar-refractivity contribution in [1.82, 2.24) is 9.88 Å². The Morgan fingerprint density at radius 1 is 1.47 bits per heavy atom. The van der Waals surface area contributed by atoms with Gasteiger partial charge in [-0.3, -0.25) is 9.78 Å². The van der Waals surface area contributed by atoms with Crippen LogP contribution >= 0.6 is 11.6 Å². The predicted molar refractivity (Wildman–Crippen MR) is 68.1 cm³/mol. The van der Waals surface area contributed by atoms with E-state index in [0.717, 1.165) is 13.0 Å². The lowest BCUT2D eigenvalue weighted by Gasteiger charge is -2.36. The number of hydrogen-bond acceptors (Lipinski definition) is 2. The Labute approximate surface area is 107 Å². The average Bonchev–Trinajstić information content (AvgIpc) is 2.31. The lowest BCUT2D eigenvalue weighted by molar-refractivity contribution is 0.0568. The number of amides is 1. The lowest BCUT2D eigenvalue weighted by atomic mass is 9.95. The number of carbonyl (C=O) groups is 1. The van der Waals surface area contributed by atoms with E-state index in [1.54, 1.807) is 18.3 Å². The molecule has 1 aromatic heterocycles. The van der Waals surface area contributed by atoms with Gasteiger partial charge in [-0.05, 0) is 37.8 Å². The summed E-state index contributed by atoms with van der Waals surface area (Å²) in [4.78, 5) is 18.3. The highest BCUT2D eigenvalue weighted by molar-refractivity contribution is 6.30. The molecule has 0 aromatic carbocycles. The Morgan fingerprint density at radius 3 is 2.94 bits per heavy atom. The fourth-order valence-electron chi connectivity index (χ4n) is 2.24. The minimum absolute atomic E-state index is 0.00782. The monoisotopic (exact) mass is 252 g/mol. The third kappa shape index (κ3) is 2.78. The van der Waals surface area contributed by atoms with Crippen LogP contribution in [0.15, 0.2) is 18.3 Å². The van der Waals surface area contributed by atoms with Crippen molar-refractivity contribution in [2.75, 3.05) is 6.54 Å². The van der Waals surface area contributed by atoms with Crippen molar-refractivity contribution >= 4 is 17.5 Å². The number of likely N-dealkylation sites (tertiary alicyclic amines) is 1. The van der Waals surface area contributed by atoms with Crippen LogP contribution in [0.2, 0.25) is 5.02 Å². The topological polar surface area (TPSA) is 33.2 Å². The first-order valence-corrected chi connectivity index (χ1v) is 6.38. The van der Waals surface area contributed by atoms with Crippen molar-refractivity contribution in [3.05, 3.63) is 29.0 Å². The molecule has 0 bridgehead atoms. The van der Waals surface area contributed by atoms with E-state index < -0.39 is 0 Å². The van der Waals surface area contributed by atoms with Gasteiger partial charge in [0.2, 0.25) is 0 Å². The SMILES string of the molecule is CC1CCC(C)N(C(=O)c2cc(Cl)ccn2)C1. The molecule has 0 N–H and O–H groups in total. The molecule has 2 unspecified atom stereocenters. The molecule has 1 saturated heterocycles. The van der Waals surface area contributed by atoms with Gasteiger partial charge in [-0.2, -0.15) is 0 Å². The maximum atomic E-state index is 12.3. The van der Waals surface area contributed by atoms with E-state index in [2.05, 4.69) is 18.8 Å². The summed E-state index contributed by atoms with van der Waals surface area (Å²) in [5.41, 5.74) is 0.443. The Bertz CT molecular complexity index is 422. The molecule has 1 amide bonds. The first-order chi connectivity index (χ1) is 8.08. The molecule has 2 rings (SSSR count). The second-order valence-electron chi connectivity index (χ2n) is 4.85. The summed E-state index contributed by atoms with van der Waals surface area (Å²) in [6, 6.07) is 3.61. The minimum atomic E-state index is -0.00782. The van der Waals surface area contributed by atoms with Crippen molar-refractivity contribution < 1.29 is 4.79 Å². The van der Waals surface area contributed by atoms with Crippen LogP contribution in [0.25, 0.3) is 0 Å². The summed E-state index contributed by atoms with van der Waals surface area (Å²) in [7, 11) is 0. The molecule has 3 nitrogen and oxygen atoms in total. The number of piperidine rings is 1. The van der Waals surface area contributed by atoms with Gasteiger partial charge >= 0.3 is 0 Å². The van der Waals surface area contributed by atoms with Crippen LogP contribution in [0.4, 0.5) is 0 Å². The van der Waals surface area contributed by atoms with Crippen molar-refractivity contribution in [1.29, 1.82) is 0 Å². The summed E-state index contributed by atoms with van der Waals surface area (Å²) in [5, 5.41) is 0.557. The summed E-state index contributed by atoms with van der Waals surface area (Å²) in [6.07, 6.45) is 3.83. The quantitative estimate of drug-likeness (QED) is 0.770. The second kappa shape index (κ2) is 5.05. The molecule has 1 aromatic rings. The van der Waals surface area contributed by atoms with Gasteiger partial charge in [0.05, 0.1) is 0 Å². The zero-order valence-corrected chi connectivity index (χ0v) is 10.9. The van der Waals surface area contributed by atoms with Crippen LogP contribution < -0.4 is 0 Å². The highest BCUT2D eigenvalue weighted by Crippen LogP contribution is 2.23. The Hall–Kier alpha value is -1.09. The maximum absolute atomic E-state index is 12.3. The fraction of sp³-hybridized carbons (Fsp3) is 0.538. The molecule has 0 radical (unpaired) electrons. The van der Waals surface area contributed by atoms with E-state index in [1.807, 2.05) is 4.90 Å². The van der Waals surface area contributed by atoms with Crippen LogP contribution in [0.3, 0.4) is 0 Å². The van der Waals surface area contributed by atoms with Crippen molar-refractivity contribution in [2.45, 2.75) is 32.7 Å². The van der Waals surface area contributed by atoms with E-state index in [4.69, 9.17) is 11.6 Å². The molecule has 92 valence electrons. The van der Waals surface area contributed by atoms with Crippen LogP contribution in [0.5, 0.6) is 0 Å². The lowest BCUT2D eigenvalue weighted by Crippen LogP contribution is -2.45. The molecule has 1 fully saturated rings. The average molecular weight is 253 g/mol. The molecule has 2 heterocycles. The number of hydrogen-bond donors (Lipinski definition) is 0. The second-order valence-corrected chi connectivity index (χ2v) is 5.28. The van der Waals surface area contributed by atoms with E-state index in [9.17, 15) is 4.79 Å². The molecule has 1 aliphatic heterocycles. The molecular weight excluding hydrogens is 236 g/mol. The zero-order chi connectivity index (χ0) is 12.4. The van der Waals surface area contributed by atoms with Gasteiger partial charge in [-0.15, -0.1) is 0 Å². The van der Waals surface area contributed by atoms with Gasteiger partial charge in [0, 0.05) is 23.8 Å².